The van der Waals surface area contributed by atoms with Crippen molar-refractivity contribution >= 4 is 48.6 Å². The third kappa shape index (κ3) is 9.60. The van der Waals surface area contributed by atoms with Crippen molar-refractivity contribution < 1.29 is 0 Å². The second-order valence-corrected chi connectivity index (χ2v) is 13.8. The summed E-state index contributed by atoms with van der Waals surface area (Å²) >= 11 is 1.88. The Bertz CT molecular complexity index is 2400. The molecule has 0 aliphatic rings. The molecule has 1 heterocycles. The highest BCUT2D eigenvalue weighted by atomic mass is 32.1. The molecule has 2 heteroatoms. The van der Waals surface area contributed by atoms with E-state index in [0.29, 0.717) is 0 Å². The highest BCUT2D eigenvalue weighted by Gasteiger charge is 2.12. The van der Waals surface area contributed by atoms with E-state index in [1.165, 1.54) is 53.6 Å². The molecule has 54 heavy (non-hydrogen) atoms. The van der Waals surface area contributed by atoms with Crippen LogP contribution in [0, 0.1) is 13.8 Å². The van der Waals surface area contributed by atoms with Gasteiger partial charge in [0, 0.05) is 37.2 Å². The molecule has 0 bridgehead atoms. The lowest BCUT2D eigenvalue weighted by atomic mass is 10.0. The van der Waals surface area contributed by atoms with Crippen LogP contribution >= 0.6 is 11.3 Å². The summed E-state index contributed by atoms with van der Waals surface area (Å²) in [7, 11) is 0. The summed E-state index contributed by atoms with van der Waals surface area (Å²) in [6.07, 6.45) is 0. The standard InChI is InChI=1S/C25H21N.C13H10S.C12H10.C2H6/c1-20-12-16-24(17-13-20)26(23-10-6-3-7-11-23)25-18-14-22(15-19-25)21-8-4-2-5-9-21;1-9-6-7-11-10-4-2-3-5-12(10)14-13(11)8-9;1-3-7-11(8-4-1)12-9-5-2-6-10-12;1-2/h2-19H,1H3;2-8H,1H3;1-10H;1-2H3. The third-order valence-corrected chi connectivity index (χ3v) is 10.1. The number of para-hydroxylation sites is 1. The molecule has 0 N–H and O–H groups in total. The summed E-state index contributed by atoms with van der Waals surface area (Å²) in [5.74, 6) is 0. The highest BCUT2D eigenvalue weighted by Crippen LogP contribution is 2.36. The van der Waals surface area contributed by atoms with Gasteiger partial charge in [0.05, 0.1) is 0 Å². The molecule has 0 saturated heterocycles. The van der Waals surface area contributed by atoms with Crippen LogP contribution < -0.4 is 4.90 Å². The van der Waals surface area contributed by atoms with Crippen LogP contribution in [0.2, 0.25) is 0 Å². The van der Waals surface area contributed by atoms with Crippen molar-refractivity contribution in [3.05, 3.63) is 223 Å². The fraction of sp³-hybridized carbons (Fsp3) is 0.0769. The maximum atomic E-state index is 2.29. The zero-order valence-corrected chi connectivity index (χ0v) is 32.4. The van der Waals surface area contributed by atoms with Crippen LogP contribution in [0.25, 0.3) is 42.4 Å². The predicted octanol–water partition coefficient (Wildman–Crippen LogP) is 15.9. The molecule has 0 saturated carbocycles. The molecule has 9 aromatic rings. The number of benzene rings is 8. The van der Waals surface area contributed by atoms with Crippen LogP contribution in [0.15, 0.2) is 212 Å². The Morgan fingerprint density at radius 2 is 0.685 bits per heavy atom. The van der Waals surface area contributed by atoms with E-state index in [9.17, 15) is 0 Å². The van der Waals surface area contributed by atoms with Crippen LogP contribution in [0.3, 0.4) is 0 Å². The molecule has 0 aliphatic heterocycles. The van der Waals surface area contributed by atoms with Crippen LogP contribution in [-0.4, -0.2) is 0 Å². The van der Waals surface area contributed by atoms with E-state index in [1.54, 1.807) is 0 Å². The third-order valence-electron chi connectivity index (χ3n) is 8.95. The van der Waals surface area contributed by atoms with Crippen molar-refractivity contribution in [3.8, 4) is 22.3 Å². The van der Waals surface area contributed by atoms with Gasteiger partial charge in [-0.1, -0.05) is 183 Å². The average Bonchev–Trinajstić information content (AvgIpc) is 3.62. The van der Waals surface area contributed by atoms with Crippen molar-refractivity contribution in [2.45, 2.75) is 27.7 Å². The van der Waals surface area contributed by atoms with Gasteiger partial charge in [-0.2, -0.15) is 0 Å². The van der Waals surface area contributed by atoms with Crippen molar-refractivity contribution in [3.63, 3.8) is 0 Å². The molecular weight excluding hydrogens is 671 g/mol. The molecule has 0 amide bonds. The van der Waals surface area contributed by atoms with Gasteiger partial charge >= 0.3 is 0 Å². The average molecular weight is 718 g/mol. The van der Waals surface area contributed by atoms with Crippen molar-refractivity contribution in [1.29, 1.82) is 0 Å². The SMILES string of the molecule is CC.Cc1ccc(N(c2ccccc2)c2ccc(-c3ccccc3)cc2)cc1.Cc1ccc2c(c1)sc1ccccc12.c1ccc(-c2ccccc2)cc1. The number of nitrogens with zero attached hydrogens (tertiary/aromatic N) is 1. The van der Waals surface area contributed by atoms with Crippen molar-refractivity contribution in [1.82, 2.24) is 0 Å². The summed E-state index contributed by atoms with van der Waals surface area (Å²) in [5, 5.41) is 2.77. The van der Waals surface area contributed by atoms with E-state index in [-0.39, 0.29) is 0 Å². The molecule has 0 radical (unpaired) electrons. The fourth-order valence-electron chi connectivity index (χ4n) is 6.25. The Hall–Kier alpha value is -6.22. The van der Waals surface area contributed by atoms with E-state index >= 15 is 0 Å². The van der Waals surface area contributed by atoms with Gasteiger partial charge in [-0.05, 0) is 90.2 Å². The van der Waals surface area contributed by atoms with Crippen molar-refractivity contribution in [2.75, 3.05) is 4.90 Å². The molecule has 266 valence electrons. The van der Waals surface area contributed by atoms with Gasteiger partial charge in [0.2, 0.25) is 0 Å². The Balaban J connectivity index is 0.000000149. The smallest absolute Gasteiger partial charge is 0.0462 e. The first-order valence-corrected chi connectivity index (χ1v) is 19.5. The molecule has 8 aromatic carbocycles. The van der Waals surface area contributed by atoms with E-state index in [2.05, 4.69) is 213 Å². The Morgan fingerprint density at radius 3 is 1.20 bits per heavy atom. The zero-order valence-electron chi connectivity index (χ0n) is 31.6. The van der Waals surface area contributed by atoms with Crippen LogP contribution in [0.5, 0.6) is 0 Å². The quantitative estimate of drug-likeness (QED) is 0.171. The fourth-order valence-corrected chi connectivity index (χ4v) is 7.45. The first-order valence-electron chi connectivity index (χ1n) is 18.7. The molecule has 0 unspecified atom stereocenters. The summed E-state index contributed by atoms with van der Waals surface area (Å²) in [6.45, 7) is 8.26. The first kappa shape index (κ1) is 37.5. The van der Waals surface area contributed by atoms with Gasteiger partial charge in [0.1, 0.15) is 0 Å². The van der Waals surface area contributed by atoms with Gasteiger partial charge in [0.25, 0.3) is 0 Å². The molecule has 0 atom stereocenters. The highest BCUT2D eigenvalue weighted by molar-refractivity contribution is 7.25. The number of aryl methyl sites for hydroxylation is 2. The summed E-state index contributed by atoms with van der Waals surface area (Å²) in [4.78, 5) is 2.29. The number of thiophene rings is 1. The molecule has 1 aromatic heterocycles. The minimum Gasteiger partial charge on any atom is -0.311 e. The number of hydrogen-bond donors (Lipinski definition) is 0. The summed E-state index contributed by atoms with van der Waals surface area (Å²) in [5.41, 5.74) is 11.1. The van der Waals surface area contributed by atoms with E-state index < -0.39 is 0 Å². The monoisotopic (exact) mass is 717 g/mol. The van der Waals surface area contributed by atoms with Gasteiger partial charge in [-0.3, -0.25) is 0 Å². The molecule has 9 rings (SSSR count). The van der Waals surface area contributed by atoms with E-state index in [0.717, 1.165) is 17.1 Å². The van der Waals surface area contributed by atoms with E-state index in [1.807, 2.05) is 43.4 Å². The number of anilines is 3. The van der Waals surface area contributed by atoms with Gasteiger partial charge in [0.15, 0.2) is 0 Å². The minimum atomic E-state index is 1.15. The number of fused-ring (bicyclic) bond motifs is 3. The van der Waals surface area contributed by atoms with Crippen LogP contribution in [0.1, 0.15) is 25.0 Å². The van der Waals surface area contributed by atoms with Gasteiger partial charge in [-0.25, -0.2) is 0 Å². The summed E-state index contributed by atoms with van der Waals surface area (Å²) in [6, 6.07) is 74.4. The summed E-state index contributed by atoms with van der Waals surface area (Å²) < 4.78 is 2.78. The van der Waals surface area contributed by atoms with Crippen molar-refractivity contribution in [2.24, 2.45) is 0 Å². The largest absolute Gasteiger partial charge is 0.311 e. The molecule has 1 nitrogen and oxygen atoms in total. The van der Waals surface area contributed by atoms with Gasteiger partial charge in [-0.15, -0.1) is 11.3 Å². The lowest BCUT2D eigenvalue weighted by Gasteiger charge is -2.25. The number of hydrogen-bond acceptors (Lipinski definition) is 2. The lowest BCUT2D eigenvalue weighted by Crippen LogP contribution is -2.09. The Labute approximate surface area is 325 Å². The maximum absolute atomic E-state index is 2.29. The van der Waals surface area contributed by atoms with E-state index in [4.69, 9.17) is 0 Å². The number of rotatable bonds is 5. The normalized spacial score (nSPS) is 10.2. The predicted molar refractivity (Wildman–Crippen MR) is 239 cm³/mol. The molecule has 0 aliphatic carbocycles. The Kier molecular flexibility index (Phi) is 13.2. The maximum Gasteiger partial charge on any atom is 0.0462 e. The topological polar surface area (TPSA) is 3.24 Å². The first-order chi connectivity index (χ1) is 26.6. The molecule has 0 fully saturated rings. The van der Waals surface area contributed by atoms with Gasteiger partial charge < -0.3 is 4.90 Å². The lowest BCUT2D eigenvalue weighted by molar-refractivity contribution is 1.27. The Morgan fingerprint density at radius 1 is 0.315 bits per heavy atom. The second kappa shape index (κ2) is 19.0. The van der Waals surface area contributed by atoms with Crippen LogP contribution in [0.4, 0.5) is 17.1 Å². The second-order valence-electron chi connectivity index (χ2n) is 12.7. The molecule has 0 spiro atoms. The minimum absolute atomic E-state index is 1.15. The van der Waals surface area contributed by atoms with Crippen LogP contribution in [-0.2, 0) is 0 Å². The molecular formula is C52H47NS. The zero-order chi connectivity index (χ0) is 37.5.